The van der Waals surface area contributed by atoms with E-state index in [4.69, 9.17) is 24.1 Å². The molecule has 4 aliphatic rings. The normalized spacial score (nSPS) is 19.2. The quantitative estimate of drug-likeness (QED) is 0.199. The lowest BCUT2D eigenvalue weighted by Gasteiger charge is -2.19. The van der Waals surface area contributed by atoms with Gasteiger partial charge >= 0.3 is 18.2 Å². The number of fused-ring (bicyclic) bond motifs is 6. The Balaban J connectivity index is 0.000000172. The third-order valence-electron chi connectivity index (χ3n) is 9.82. The molecule has 0 bridgehead atoms. The number of cyclic esters (lactones) is 2. The molecule has 4 aliphatic heterocycles. The SMILES string of the molecule is Cc1c(N2C(=O)OC[C@H]2C(F)F)nc2n1CCOc1cc(Br)ccc1-2.Cc1c(N2C(=O)OC[C@H]2C(F)F)nc2n1CCOc1cc(C[C@@H](C)C(=O)O)ccc1-2. The number of aromatic nitrogens is 4. The van der Waals surface area contributed by atoms with E-state index in [9.17, 15) is 31.9 Å². The Morgan fingerprint density at radius 2 is 1.27 bits per heavy atom. The number of rotatable bonds is 7. The van der Waals surface area contributed by atoms with Crippen molar-refractivity contribution < 1.29 is 56.0 Å². The molecule has 19 heteroatoms. The number of hydrogen-bond acceptors (Lipinski definition) is 9. The molecule has 2 aromatic heterocycles. The van der Waals surface area contributed by atoms with Crippen molar-refractivity contribution in [3.63, 3.8) is 0 Å². The molecule has 2 saturated heterocycles. The van der Waals surface area contributed by atoms with Gasteiger partial charge < -0.3 is 33.2 Å². The first kappa shape index (κ1) is 38.0. The van der Waals surface area contributed by atoms with Crippen molar-refractivity contribution in [3.8, 4) is 34.3 Å². The molecule has 8 rings (SSSR count). The van der Waals surface area contributed by atoms with Gasteiger partial charge in [-0.05, 0) is 56.2 Å². The molecule has 2 fully saturated rings. The third kappa shape index (κ3) is 7.04. The molecule has 292 valence electrons. The number of benzene rings is 2. The number of nitrogens with zero attached hydrogens (tertiary/aromatic N) is 6. The average Bonchev–Trinajstić information content (AvgIpc) is 3.82. The molecule has 4 aromatic rings. The number of imidazole rings is 2. The Labute approximate surface area is 319 Å². The molecule has 1 N–H and O–H groups in total. The van der Waals surface area contributed by atoms with Crippen molar-refractivity contribution in [3.05, 3.63) is 57.8 Å². The Hall–Kier alpha value is -5.33. The summed E-state index contributed by atoms with van der Waals surface area (Å²) in [5, 5.41) is 9.14. The van der Waals surface area contributed by atoms with Gasteiger partial charge in [0.2, 0.25) is 0 Å². The van der Waals surface area contributed by atoms with Gasteiger partial charge in [0.25, 0.3) is 12.9 Å². The second kappa shape index (κ2) is 15.1. The fourth-order valence-corrected chi connectivity index (χ4v) is 7.26. The summed E-state index contributed by atoms with van der Waals surface area (Å²) in [5.74, 6) is 1.20. The van der Waals surface area contributed by atoms with Gasteiger partial charge in [0, 0.05) is 4.47 Å². The number of amides is 2. The highest BCUT2D eigenvalue weighted by Gasteiger charge is 2.44. The second-order valence-corrected chi connectivity index (χ2v) is 14.2. The molecule has 0 saturated carbocycles. The second-order valence-electron chi connectivity index (χ2n) is 13.3. The predicted octanol–water partition coefficient (Wildman–Crippen LogP) is 6.71. The van der Waals surface area contributed by atoms with Gasteiger partial charge in [-0.2, -0.15) is 0 Å². The highest BCUT2D eigenvalue weighted by molar-refractivity contribution is 9.10. The monoisotopic (exact) mass is 834 g/mol. The van der Waals surface area contributed by atoms with Gasteiger partial charge in [-0.15, -0.1) is 0 Å². The van der Waals surface area contributed by atoms with Crippen LogP contribution in [0.5, 0.6) is 11.5 Å². The summed E-state index contributed by atoms with van der Waals surface area (Å²) in [6.07, 6.45) is -6.76. The summed E-state index contributed by atoms with van der Waals surface area (Å²) in [6, 6.07) is 8.18. The van der Waals surface area contributed by atoms with Crippen molar-refractivity contribution in [1.29, 1.82) is 0 Å². The first-order chi connectivity index (χ1) is 26.2. The van der Waals surface area contributed by atoms with Gasteiger partial charge in [0.15, 0.2) is 11.6 Å². The third-order valence-corrected chi connectivity index (χ3v) is 10.3. The lowest BCUT2D eigenvalue weighted by atomic mass is 9.99. The molecule has 2 aromatic carbocycles. The van der Waals surface area contributed by atoms with Crippen LogP contribution in [0.2, 0.25) is 0 Å². The highest BCUT2D eigenvalue weighted by Crippen LogP contribution is 2.40. The zero-order valence-corrected chi connectivity index (χ0v) is 31.3. The van der Waals surface area contributed by atoms with E-state index in [1.807, 2.05) is 27.3 Å². The Morgan fingerprint density at radius 3 is 1.75 bits per heavy atom. The largest absolute Gasteiger partial charge is 0.491 e. The van der Waals surface area contributed by atoms with Crippen molar-refractivity contribution in [2.75, 3.05) is 36.2 Å². The van der Waals surface area contributed by atoms with Crippen LogP contribution in [-0.4, -0.2) is 93.7 Å². The molecule has 0 spiro atoms. The van der Waals surface area contributed by atoms with Crippen LogP contribution >= 0.6 is 15.9 Å². The smallest absolute Gasteiger partial charge is 0.416 e. The van der Waals surface area contributed by atoms with Crippen LogP contribution < -0.4 is 19.3 Å². The summed E-state index contributed by atoms with van der Waals surface area (Å²) in [6.45, 7) is 6.03. The molecule has 2 amide bonds. The van der Waals surface area contributed by atoms with E-state index in [1.54, 1.807) is 39.0 Å². The van der Waals surface area contributed by atoms with Crippen molar-refractivity contribution in [1.82, 2.24) is 19.1 Å². The molecule has 0 aliphatic carbocycles. The first-order valence-corrected chi connectivity index (χ1v) is 18.1. The zero-order valence-electron chi connectivity index (χ0n) is 29.7. The van der Waals surface area contributed by atoms with Crippen LogP contribution in [0.15, 0.2) is 40.9 Å². The van der Waals surface area contributed by atoms with Crippen LogP contribution in [0.3, 0.4) is 0 Å². The summed E-state index contributed by atoms with van der Waals surface area (Å²) in [4.78, 5) is 46.2. The molecule has 6 heterocycles. The minimum Gasteiger partial charge on any atom is -0.491 e. The van der Waals surface area contributed by atoms with Gasteiger partial charge in [-0.3, -0.25) is 4.79 Å². The number of ether oxygens (including phenoxy) is 4. The molecular formula is C36H35BrF4N6O8. The highest BCUT2D eigenvalue weighted by atomic mass is 79.9. The molecule has 0 radical (unpaired) electrons. The van der Waals surface area contributed by atoms with E-state index in [1.165, 1.54) is 0 Å². The van der Waals surface area contributed by atoms with Crippen LogP contribution in [0.25, 0.3) is 22.8 Å². The first-order valence-electron chi connectivity index (χ1n) is 17.3. The summed E-state index contributed by atoms with van der Waals surface area (Å²) in [7, 11) is 0. The summed E-state index contributed by atoms with van der Waals surface area (Å²) in [5.41, 5.74) is 3.39. The van der Waals surface area contributed by atoms with E-state index < -0.39 is 49.0 Å². The van der Waals surface area contributed by atoms with E-state index in [0.29, 0.717) is 72.8 Å². The number of halogens is 5. The van der Waals surface area contributed by atoms with Gasteiger partial charge in [0.05, 0.1) is 41.5 Å². The number of carbonyl (C=O) groups is 3. The van der Waals surface area contributed by atoms with Gasteiger partial charge in [-0.25, -0.2) is 46.9 Å². The molecule has 14 nitrogen and oxygen atoms in total. The number of carboxylic acid groups (broad SMARTS) is 1. The molecule has 3 atom stereocenters. The minimum absolute atomic E-state index is 0.147. The van der Waals surface area contributed by atoms with Crippen LogP contribution in [0.4, 0.5) is 38.8 Å². The Kier molecular flexibility index (Phi) is 10.4. The molecular weight excluding hydrogens is 800 g/mol. The van der Waals surface area contributed by atoms with Crippen molar-refractivity contribution >= 4 is 45.7 Å². The standard InChI is InChI=1S/C20H21F2N3O5.C16H14BrF2N3O3/c1-10(19(26)27)7-12-3-4-13-15(8-12)29-6-5-24-11(2)17(23-18(13)24)25-14(16(21)22)9-30-20(25)28;1-8-14(22-11(13(18)19)7-25-16(22)23)20-15-10-3-2-9(17)6-12(10)24-5-4-21(8)15/h3-4,8,10,14,16H,5-7,9H2,1-2H3,(H,26,27);2-3,6,11,13H,4-5,7H2,1H3/t10-,14+;11-/m10/s1. The lowest BCUT2D eigenvalue weighted by Crippen LogP contribution is -2.39. The summed E-state index contributed by atoms with van der Waals surface area (Å²) < 4.78 is 79.2. The number of hydrogen-bond donors (Lipinski definition) is 1. The van der Waals surface area contributed by atoms with E-state index >= 15 is 0 Å². The van der Waals surface area contributed by atoms with Crippen LogP contribution in [0.1, 0.15) is 23.9 Å². The van der Waals surface area contributed by atoms with Crippen molar-refractivity contribution in [2.45, 2.75) is 65.2 Å². The van der Waals surface area contributed by atoms with Gasteiger partial charge in [-0.1, -0.05) is 28.9 Å². The average molecular weight is 836 g/mol. The van der Waals surface area contributed by atoms with Crippen molar-refractivity contribution in [2.24, 2.45) is 5.92 Å². The number of carboxylic acids is 1. The topological polar surface area (TPSA) is 150 Å². The fraction of sp³-hybridized carbons (Fsp3) is 0.417. The Morgan fingerprint density at radius 1 is 0.800 bits per heavy atom. The van der Waals surface area contributed by atoms with Crippen LogP contribution in [-0.2, 0) is 33.8 Å². The van der Waals surface area contributed by atoms with E-state index in [-0.39, 0.29) is 24.8 Å². The maximum Gasteiger partial charge on any atom is 0.416 e. The number of alkyl halides is 4. The summed E-state index contributed by atoms with van der Waals surface area (Å²) >= 11 is 3.40. The fourth-order valence-electron chi connectivity index (χ4n) is 6.92. The lowest BCUT2D eigenvalue weighted by molar-refractivity contribution is -0.141. The maximum atomic E-state index is 13.4. The minimum atomic E-state index is -2.76. The number of aliphatic carboxylic acids is 1. The Bertz CT molecular complexity index is 2160. The van der Waals surface area contributed by atoms with E-state index in [0.717, 1.165) is 25.4 Å². The molecule has 0 unspecified atom stereocenters. The maximum absolute atomic E-state index is 13.4. The van der Waals surface area contributed by atoms with E-state index in [2.05, 4.69) is 25.9 Å². The number of carbonyl (C=O) groups excluding carboxylic acids is 2. The van der Waals surface area contributed by atoms with Gasteiger partial charge in [0.1, 0.15) is 61.7 Å². The predicted molar refractivity (Wildman–Crippen MR) is 191 cm³/mol. The number of anilines is 2. The molecule has 55 heavy (non-hydrogen) atoms. The van der Waals surface area contributed by atoms with Crippen LogP contribution in [0, 0.1) is 19.8 Å². The zero-order chi connectivity index (χ0) is 39.3.